The van der Waals surface area contributed by atoms with Crippen molar-refractivity contribution in [1.82, 2.24) is 4.90 Å². The molecule has 1 amide bonds. The van der Waals surface area contributed by atoms with Gasteiger partial charge in [-0.1, -0.05) is 0 Å². The van der Waals surface area contributed by atoms with Crippen LogP contribution in [0, 0.1) is 0 Å². The first-order valence-corrected chi connectivity index (χ1v) is 7.23. The van der Waals surface area contributed by atoms with Gasteiger partial charge < -0.3 is 10.0 Å². The molecule has 9 heteroatoms. The maximum absolute atomic E-state index is 12.0. The monoisotopic (exact) mass is 303 g/mol. The van der Waals surface area contributed by atoms with E-state index >= 15 is 0 Å². The predicted octanol–water partition coefficient (Wildman–Crippen LogP) is 1.66. The van der Waals surface area contributed by atoms with Crippen LogP contribution in [0.2, 0.25) is 0 Å². The highest BCUT2D eigenvalue weighted by atomic mass is 32.2. The average Bonchev–Trinajstić information content (AvgIpc) is 2.25. The zero-order valence-electron chi connectivity index (χ0n) is 9.27. The summed E-state index contributed by atoms with van der Waals surface area (Å²) in [6.45, 7) is 0.305. The highest BCUT2D eigenvalue weighted by Gasteiger charge is 2.33. The van der Waals surface area contributed by atoms with Crippen LogP contribution in [0.5, 0.6) is 0 Å². The van der Waals surface area contributed by atoms with Crippen LogP contribution in [0.15, 0.2) is 0 Å². The molecule has 18 heavy (non-hydrogen) atoms. The zero-order valence-corrected chi connectivity index (χ0v) is 10.9. The van der Waals surface area contributed by atoms with E-state index in [4.69, 9.17) is 5.11 Å². The van der Waals surface area contributed by atoms with Gasteiger partial charge in [0.15, 0.2) is 0 Å². The van der Waals surface area contributed by atoms with E-state index in [2.05, 4.69) is 0 Å². The molecule has 0 aromatic heterocycles. The van der Waals surface area contributed by atoms with Crippen LogP contribution >= 0.6 is 23.5 Å². The lowest BCUT2D eigenvalue weighted by molar-refractivity contribution is -0.139. The molecule has 1 atom stereocenters. The number of amides is 1. The number of carboxylic acids is 1. The van der Waals surface area contributed by atoms with E-state index in [-0.39, 0.29) is 18.2 Å². The molecule has 0 aromatic rings. The predicted molar refractivity (Wildman–Crippen MR) is 63.6 cm³/mol. The van der Waals surface area contributed by atoms with Gasteiger partial charge in [0.25, 0.3) is 0 Å². The lowest BCUT2D eigenvalue weighted by atomic mass is 10.2. The maximum atomic E-state index is 12.0. The first kappa shape index (κ1) is 15.5. The Balaban J connectivity index is 2.54. The van der Waals surface area contributed by atoms with Crippen molar-refractivity contribution in [3.8, 4) is 0 Å². The number of rotatable bonds is 4. The summed E-state index contributed by atoms with van der Waals surface area (Å²) in [5.41, 5.74) is -4.44. The van der Waals surface area contributed by atoms with Crippen molar-refractivity contribution < 1.29 is 27.9 Å². The lowest BCUT2D eigenvalue weighted by Gasteiger charge is -2.34. The molecule has 104 valence electrons. The highest BCUT2D eigenvalue weighted by molar-refractivity contribution is 8.00. The van der Waals surface area contributed by atoms with E-state index in [1.54, 1.807) is 0 Å². The van der Waals surface area contributed by atoms with E-state index in [0.717, 1.165) is 0 Å². The van der Waals surface area contributed by atoms with Crippen molar-refractivity contribution in [3.05, 3.63) is 0 Å². The smallest absolute Gasteiger partial charge is 0.442 e. The average molecular weight is 303 g/mol. The summed E-state index contributed by atoms with van der Waals surface area (Å²) in [5, 5.41) is 8.69. The molecule has 4 nitrogen and oxygen atoms in total. The number of carboxylic acid groups (broad SMARTS) is 1. The third-order valence-corrected chi connectivity index (χ3v) is 4.13. The molecule has 1 fully saturated rings. The molecule has 0 aliphatic carbocycles. The van der Waals surface area contributed by atoms with Crippen molar-refractivity contribution in [1.29, 1.82) is 0 Å². The Bertz CT molecular complexity index is 325. The topological polar surface area (TPSA) is 57.6 Å². The van der Waals surface area contributed by atoms with E-state index in [1.165, 1.54) is 16.7 Å². The van der Waals surface area contributed by atoms with Gasteiger partial charge in [-0.15, -0.1) is 0 Å². The van der Waals surface area contributed by atoms with E-state index in [0.29, 0.717) is 18.1 Å². The SMILES string of the molecule is O=C(O)CC1CSCCN1C(=O)CSC(F)(F)F. The van der Waals surface area contributed by atoms with Crippen LogP contribution in [0.25, 0.3) is 0 Å². The third-order valence-electron chi connectivity index (χ3n) is 2.32. The minimum atomic E-state index is -4.44. The number of halogens is 3. The van der Waals surface area contributed by atoms with Gasteiger partial charge in [0.2, 0.25) is 5.91 Å². The summed E-state index contributed by atoms with van der Waals surface area (Å²) in [7, 11) is 0. The molecule has 1 aliphatic rings. The van der Waals surface area contributed by atoms with Crippen LogP contribution in [-0.2, 0) is 9.59 Å². The Hall–Kier alpha value is -0.570. The molecule has 1 rings (SSSR count). The van der Waals surface area contributed by atoms with Crippen LogP contribution in [0.3, 0.4) is 0 Å². The molecule has 1 heterocycles. The zero-order chi connectivity index (χ0) is 13.8. The minimum Gasteiger partial charge on any atom is -0.481 e. The summed E-state index contributed by atoms with van der Waals surface area (Å²) in [6, 6.07) is -0.511. The number of carbonyl (C=O) groups excluding carboxylic acids is 1. The first-order chi connectivity index (χ1) is 8.29. The van der Waals surface area contributed by atoms with E-state index in [9.17, 15) is 22.8 Å². The number of aliphatic carboxylic acids is 1. The molecule has 1 N–H and O–H groups in total. The van der Waals surface area contributed by atoms with Gasteiger partial charge in [0.05, 0.1) is 18.2 Å². The Morgan fingerprint density at radius 1 is 1.44 bits per heavy atom. The van der Waals surface area contributed by atoms with Crippen LogP contribution in [0.1, 0.15) is 6.42 Å². The van der Waals surface area contributed by atoms with E-state index in [1.807, 2.05) is 0 Å². The lowest BCUT2D eigenvalue weighted by Crippen LogP contribution is -2.48. The molecule has 1 unspecified atom stereocenters. The minimum absolute atomic E-state index is 0.227. The van der Waals surface area contributed by atoms with Crippen molar-refractivity contribution >= 4 is 35.4 Å². The van der Waals surface area contributed by atoms with E-state index < -0.39 is 29.2 Å². The molecular formula is C9H12F3NO3S2. The molecule has 0 bridgehead atoms. The number of thioether (sulfide) groups is 2. The molecule has 1 aliphatic heterocycles. The van der Waals surface area contributed by atoms with Crippen molar-refractivity contribution in [2.24, 2.45) is 0 Å². The molecular weight excluding hydrogens is 291 g/mol. The number of nitrogens with zero attached hydrogens (tertiary/aromatic N) is 1. The highest BCUT2D eigenvalue weighted by Crippen LogP contribution is 2.31. The fourth-order valence-electron chi connectivity index (χ4n) is 1.58. The maximum Gasteiger partial charge on any atom is 0.442 e. The van der Waals surface area contributed by atoms with Crippen molar-refractivity contribution in [2.75, 3.05) is 23.8 Å². The summed E-state index contributed by atoms with van der Waals surface area (Å²) < 4.78 is 36.0. The summed E-state index contributed by atoms with van der Waals surface area (Å²) in [4.78, 5) is 23.5. The normalized spacial score (nSPS) is 20.8. The standard InChI is InChI=1S/C9H12F3NO3S2/c10-9(11,12)18-5-7(14)13-1-2-17-4-6(13)3-8(15)16/h6H,1-5H2,(H,15,16). The fourth-order valence-corrected chi connectivity index (χ4v) is 3.10. The number of hydrogen-bond acceptors (Lipinski definition) is 4. The van der Waals surface area contributed by atoms with Gasteiger partial charge in [-0.25, -0.2) is 0 Å². The van der Waals surface area contributed by atoms with Gasteiger partial charge in [-0.05, 0) is 11.8 Å². The molecule has 0 radical (unpaired) electrons. The van der Waals surface area contributed by atoms with Crippen LogP contribution < -0.4 is 0 Å². The summed E-state index contributed by atoms with van der Waals surface area (Å²) >= 11 is 1.11. The third kappa shape index (κ3) is 5.38. The quantitative estimate of drug-likeness (QED) is 0.856. The molecule has 0 aromatic carbocycles. The van der Waals surface area contributed by atoms with Gasteiger partial charge in [-0.3, -0.25) is 9.59 Å². The summed E-state index contributed by atoms with van der Waals surface area (Å²) in [6.07, 6.45) is -0.227. The molecule has 1 saturated heterocycles. The fraction of sp³-hybridized carbons (Fsp3) is 0.778. The number of carbonyl (C=O) groups is 2. The van der Waals surface area contributed by atoms with Gasteiger partial charge in [0, 0.05) is 18.1 Å². The Morgan fingerprint density at radius 3 is 2.67 bits per heavy atom. The Kier molecular flexibility index (Phi) is 5.64. The van der Waals surface area contributed by atoms with Gasteiger partial charge in [-0.2, -0.15) is 24.9 Å². The van der Waals surface area contributed by atoms with Crippen molar-refractivity contribution in [2.45, 2.75) is 18.0 Å². The number of hydrogen-bond donors (Lipinski definition) is 1. The second-order valence-electron chi connectivity index (χ2n) is 3.65. The first-order valence-electron chi connectivity index (χ1n) is 5.09. The van der Waals surface area contributed by atoms with Crippen LogP contribution in [0.4, 0.5) is 13.2 Å². The molecule has 0 saturated carbocycles. The second-order valence-corrected chi connectivity index (χ2v) is 5.84. The van der Waals surface area contributed by atoms with Crippen LogP contribution in [-0.4, -0.2) is 57.2 Å². The Labute approximate surface area is 110 Å². The van der Waals surface area contributed by atoms with Gasteiger partial charge in [0.1, 0.15) is 0 Å². The largest absolute Gasteiger partial charge is 0.481 e. The summed E-state index contributed by atoms with van der Waals surface area (Å²) in [5.74, 6) is -1.31. The van der Waals surface area contributed by atoms with Crippen molar-refractivity contribution in [3.63, 3.8) is 0 Å². The van der Waals surface area contributed by atoms with Gasteiger partial charge >= 0.3 is 11.5 Å². The second kappa shape index (κ2) is 6.55. The Morgan fingerprint density at radius 2 is 2.11 bits per heavy atom. The number of alkyl halides is 3. The molecule has 0 spiro atoms.